The van der Waals surface area contributed by atoms with Crippen molar-refractivity contribution in [2.75, 3.05) is 0 Å². The minimum Gasteiger partial charge on any atom is -0.309 e. The Morgan fingerprint density at radius 2 is 0.545 bits per heavy atom. The molecule has 0 fully saturated rings. The van der Waals surface area contributed by atoms with Crippen molar-refractivity contribution in [3.05, 3.63) is 170 Å². The molecule has 206 valence electrons. The topological polar surface area (TPSA) is 9.86 Å². The number of rotatable bonds is 4. The molecular formula is C42H28N2. The van der Waals surface area contributed by atoms with E-state index in [-0.39, 0.29) is 0 Å². The maximum absolute atomic E-state index is 2.38. The largest absolute Gasteiger partial charge is 0.309 e. The molecule has 0 saturated heterocycles. The lowest BCUT2D eigenvalue weighted by Crippen LogP contribution is -1.94. The third-order valence-corrected chi connectivity index (χ3v) is 8.90. The Labute approximate surface area is 255 Å². The van der Waals surface area contributed by atoms with Gasteiger partial charge in [-0.15, -0.1) is 0 Å². The number of para-hydroxylation sites is 4. The summed E-state index contributed by atoms with van der Waals surface area (Å²) in [7, 11) is 0. The molecule has 2 aromatic heterocycles. The smallest absolute Gasteiger partial charge is 0.0541 e. The summed E-state index contributed by atoms with van der Waals surface area (Å²) in [6.45, 7) is 0. The Morgan fingerprint density at radius 3 is 0.909 bits per heavy atom. The summed E-state index contributed by atoms with van der Waals surface area (Å²) in [6, 6.07) is 61.4. The minimum absolute atomic E-state index is 1.17. The fraction of sp³-hybridized carbons (Fsp3) is 0. The molecule has 2 heteroatoms. The van der Waals surface area contributed by atoms with Crippen molar-refractivity contribution >= 4 is 43.6 Å². The molecule has 0 aliphatic carbocycles. The molecule has 0 spiro atoms. The number of aromatic nitrogens is 2. The van der Waals surface area contributed by atoms with Crippen LogP contribution in [0.5, 0.6) is 0 Å². The van der Waals surface area contributed by atoms with E-state index in [1.54, 1.807) is 0 Å². The molecule has 0 bridgehead atoms. The van der Waals surface area contributed by atoms with E-state index in [0.29, 0.717) is 0 Å². The molecule has 0 unspecified atom stereocenters. The fourth-order valence-corrected chi connectivity index (χ4v) is 6.93. The molecule has 2 nitrogen and oxygen atoms in total. The molecule has 0 saturated carbocycles. The summed E-state index contributed by atoms with van der Waals surface area (Å²) in [5.74, 6) is 0. The van der Waals surface area contributed by atoms with Crippen LogP contribution in [0.4, 0.5) is 0 Å². The normalized spacial score (nSPS) is 11.6. The van der Waals surface area contributed by atoms with Gasteiger partial charge in [0.15, 0.2) is 0 Å². The quantitative estimate of drug-likeness (QED) is 0.203. The van der Waals surface area contributed by atoms with Crippen LogP contribution in [0.25, 0.3) is 77.2 Å². The SMILES string of the molecule is c1cc(-c2cccc(-n3c4ccccc4c4ccccc43)c2)cc(-c2cccc(-n3c4ccccc4c4ccccc43)c2)c1. The predicted molar refractivity (Wildman–Crippen MR) is 186 cm³/mol. The van der Waals surface area contributed by atoms with Gasteiger partial charge in [-0.05, 0) is 76.9 Å². The van der Waals surface area contributed by atoms with Gasteiger partial charge in [0.1, 0.15) is 0 Å². The highest BCUT2D eigenvalue weighted by molar-refractivity contribution is 6.10. The van der Waals surface area contributed by atoms with Gasteiger partial charge in [-0.1, -0.05) is 115 Å². The lowest BCUT2D eigenvalue weighted by molar-refractivity contribution is 1.18. The van der Waals surface area contributed by atoms with Crippen LogP contribution >= 0.6 is 0 Å². The van der Waals surface area contributed by atoms with Crippen LogP contribution in [0.15, 0.2) is 170 Å². The maximum Gasteiger partial charge on any atom is 0.0541 e. The highest BCUT2D eigenvalue weighted by Crippen LogP contribution is 2.36. The van der Waals surface area contributed by atoms with E-state index < -0.39 is 0 Å². The molecule has 9 aromatic rings. The zero-order chi connectivity index (χ0) is 29.0. The first-order valence-electron chi connectivity index (χ1n) is 15.1. The highest BCUT2D eigenvalue weighted by atomic mass is 15.0. The Balaban J connectivity index is 1.15. The second-order valence-corrected chi connectivity index (χ2v) is 11.4. The monoisotopic (exact) mass is 560 g/mol. The van der Waals surface area contributed by atoms with Crippen molar-refractivity contribution in [2.24, 2.45) is 0 Å². The third kappa shape index (κ3) is 3.82. The van der Waals surface area contributed by atoms with Gasteiger partial charge in [0, 0.05) is 32.9 Å². The Morgan fingerprint density at radius 1 is 0.250 bits per heavy atom. The van der Waals surface area contributed by atoms with Crippen LogP contribution in [0.1, 0.15) is 0 Å². The Bertz CT molecular complexity index is 2230. The van der Waals surface area contributed by atoms with E-state index in [1.165, 1.54) is 77.2 Å². The third-order valence-electron chi connectivity index (χ3n) is 8.90. The Kier molecular flexibility index (Phi) is 5.54. The lowest BCUT2D eigenvalue weighted by atomic mass is 9.98. The van der Waals surface area contributed by atoms with Crippen molar-refractivity contribution in [2.45, 2.75) is 0 Å². The number of benzene rings is 7. The van der Waals surface area contributed by atoms with Crippen LogP contribution in [-0.2, 0) is 0 Å². The van der Waals surface area contributed by atoms with Gasteiger partial charge < -0.3 is 9.13 Å². The Hall–Kier alpha value is -5.86. The van der Waals surface area contributed by atoms with Crippen molar-refractivity contribution in [3.63, 3.8) is 0 Å². The zero-order valence-corrected chi connectivity index (χ0v) is 24.1. The minimum atomic E-state index is 1.17. The fourth-order valence-electron chi connectivity index (χ4n) is 6.93. The van der Waals surface area contributed by atoms with E-state index in [0.717, 1.165) is 0 Å². The molecule has 0 radical (unpaired) electrons. The van der Waals surface area contributed by atoms with Gasteiger partial charge in [-0.2, -0.15) is 0 Å². The second-order valence-electron chi connectivity index (χ2n) is 11.4. The molecular weight excluding hydrogens is 532 g/mol. The summed E-state index contributed by atoms with van der Waals surface area (Å²) in [4.78, 5) is 0. The first kappa shape index (κ1) is 24.7. The number of fused-ring (bicyclic) bond motifs is 6. The number of nitrogens with zero attached hydrogens (tertiary/aromatic N) is 2. The number of hydrogen-bond donors (Lipinski definition) is 0. The van der Waals surface area contributed by atoms with Crippen LogP contribution in [-0.4, -0.2) is 9.13 Å². The molecule has 9 rings (SSSR count). The van der Waals surface area contributed by atoms with E-state index in [9.17, 15) is 0 Å². The summed E-state index contributed by atoms with van der Waals surface area (Å²) in [5.41, 5.74) is 12.0. The van der Waals surface area contributed by atoms with Crippen LogP contribution in [0.2, 0.25) is 0 Å². The molecule has 7 aromatic carbocycles. The molecule has 0 N–H and O–H groups in total. The first-order chi connectivity index (χ1) is 21.8. The highest BCUT2D eigenvalue weighted by Gasteiger charge is 2.14. The average molecular weight is 561 g/mol. The van der Waals surface area contributed by atoms with E-state index in [2.05, 4.69) is 179 Å². The predicted octanol–water partition coefficient (Wildman–Crippen LogP) is 11.2. The van der Waals surface area contributed by atoms with Crippen molar-refractivity contribution < 1.29 is 0 Å². The van der Waals surface area contributed by atoms with Crippen LogP contribution < -0.4 is 0 Å². The second kappa shape index (κ2) is 9.86. The van der Waals surface area contributed by atoms with Crippen LogP contribution in [0, 0.1) is 0 Å². The molecule has 0 aliphatic rings. The number of hydrogen-bond acceptors (Lipinski definition) is 0. The average Bonchev–Trinajstić information content (AvgIpc) is 3.62. The van der Waals surface area contributed by atoms with Gasteiger partial charge in [0.05, 0.1) is 22.1 Å². The lowest BCUT2D eigenvalue weighted by Gasteiger charge is -2.12. The summed E-state index contributed by atoms with van der Waals surface area (Å²) in [5, 5.41) is 5.11. The van der Waals surface area contributed by atoms with Gasteiger partial charge in [-0.25, -0.2) is 0 Å². The standard InChI is InChI=1S/C42H28N2/c1-5-22-39-35(18-1)36-19-2-6-23-40(36)43(39)33-16-10-14-31(27-33)29-12-9-13-30(26-29)32-15-11-17-34(28-32)44-41-24-7-3-20-37(41)38-21-4-8-25-42(38)44/h1-28H. The van der Waals surface area contributed by atoms with E-state index in [1.807, 2.05) is 0 Å². The molecule has 2 heterocycles. The van der Waals surface area contributed by atoms with E-state index >= 15 is 0 Å². The summed E-state index contributed by atoms with van der Waals surface area (Å²) < 4.78 is 4.76. The molecule has 0 atom stereocenters. The maximum atomic E-state index is 2.38. The van der Waals surface area contributed by atoms with Crippen molar-refractivity contribution in [3.8, 4) is 33.6 Å². The zero-order valence-electron chi connectivity index (χ0n) is 24.1. The first-order valence-corrected chi connectivity index (χ1v) is 15.1. The summed E-state index contributed by atoms with van der Waals surface area (Å²) >= 11 is 0. The van der Waals surface area contributed by atoms with Crippen LogP contribution in [0.3, 0.4) is 0 Å². The van der Waals surface area contributed by atoms with Crippen molar-refractivity contribution in [1.29, 1.82) is 0 Å². The van der Waals surface area contributed by atoms with Gasteiger partial charge in [-0.3, -0.25) is 0 Å². The molecule has 44 heavy (non-hydrogen) atoms. The molecule has 0 aliphatic heterocycles. The van der Waals surface area contributed by atoms with Gasteiger partial charge >= 0.3 is 0 Å². The van der Waals surface area contributed by atoms with Gasteiger partial charge in [0.25, 0.3) is 0 Å². The summed E-state index contributed by atoms with van der Waals surface area (Å²) in [6.07, 6.45) is 0. The van der Waals surface area contributed by atoms with E-state index in [4.69, 9.17) is 0 Å². The van der Waals surface area contributed by atoms with Gasteiger partial charge in [0.2, 0.25) is 0 Å². The molecule has 0 amide bonds. The van der Waals surface area contributed by atoms with Crippen molar-refractivity contribution in [1.82, 2.24) is 9.13 Å².